The third-order valence-corrected chi connectivity index (χ3v) is 1.28. The molecule has 1 aromatic heterocycles. The van der Waals surface area contributed by atoms with Crippen molar-refractivity contribution in [1.82, 2.24) is 15.3 Å². The zero-order chi connectivity index (χ0) is 9.19. The van der Waals surface area contributed by atoms with Gasteiger partial charge < -0.3 is 10.3 Å². The van der Waals surface area contributed by atoms with Crippen LogP contribution in [0.1, 0.15) is 11.5 Å². The summed E-state index contributed by atoms with van der Waals surface area (Å²) in [6.45, 7) is 0.302. The standard InChI is InChI=1S/C6H8F3N3/c1-10-3-5-11-2-4(12-5)6(7,8)9/h2,10H,3H2,1H3,(H,11,12). The highest BCUT2D eigenvalue weighted by Crippen LogP contribution is 2.27. The summed E-state index contributed by atoms with van der Waals surface area (Å²) in [5.74, 6) is 0.282. The second-order valence-corrected chi connectivity index (χ2v) is 2.27. The van der Waals surface area contributed by atoms with Gasteiger partial charge in [-0.1, -0.05) is 0 Å². The minimum Gasteiger partial charge on any atom is -0.337 e. The average molecular weight is 179 g/mol. The minimum atomic E-state index is -4.33. The van der Waals surface area contributed by atoms with Crippen LogP contribution in [0.5, 0.6) is 0 Å². The van der Waals surface area contributed by atoms with Gasteiger partial charge in [0, 0.05) is 0 Å². The molecular weight excluding hydrogens is 171 g/mol. The Balaban J connectivity index is 2.77. The SMILES string of the molecule is CNCc1ncc(C(F)(F)F)[nH]1. The highest BCUT2D eigenvalue weighted by Gasteiger charge is 2.32. The Hall–Kier alpha value is -1.04. The number of alkyl halides is 3. The number of nitrogens with zero attached hydrogens (tertiary/aromatic N) is 1. The summed E-state index contributed by atoms with van der Waals surface area (Å²) >= 11 is 0. The zero-order valence-electron chi connectivity index (χ0n) is 6.37. The van der Waals surface area contributed by atoms with Gasteiger partial charge in [-0.15, -0.1) is 0 Å². The molecule has 0 aliphatic rings. The highest BCUT2D eigenvalue weighted by molar-refractivity contribution is 5.04. The van der Waals surface area contributed by atoms with E-state index in [2.05, 4.69) is 15.3 Å². The topological polar surface area (TPSA) is 40.7 Å². The molecule has 0 saturated heterocycles. The molecule has 0 radical (unpaired) electrons. The van der Waals surface area contributed by atoms with Crippen molar-refractivity contribution in [2.45, 2.75) is 12.7 Å². The maximum Gasteiger partial charge on any atom is 0.432 e. The Morgan fingerprint density at radius 3 is 2.67 bits per heavy atom. The molecule has 0 aliphatic heterocycles. The third kappa shape index (κ3) is 1.97. The first-order valence-electron chi connectivity index (χ1n) is 3.29. The molecule has 6 heteroatoms. The monoisotopic (exact) mass is 179 g/mol. The third-order valence-electron chi connectivity index (χ3n) is 1.28. The molecule has 0 spiro atoms. The van der Waals surface area contributed by atoms with E-state index in [1.54, 1.807) is 7.05 Å². The van der Waals surface area contributed by atoms with Gasteiger partial charge in [0.25, 0.3) is 0 Å². The van der Waals surface area contributed by atoms with E-state index in [-0.39, 0.29) is 5.82 Å². The number of H-pyrrole nitrogens is 1. The molecule has 0 amide bonds. The van der Waals surface area contributed by atoms with Gasteiger partial charge in [0.15, 0.2) is 0 Å². The van der Waals surface area contributed by atoms with Crippen molar-refractivity contribution >= 4 is 0 Å². The second-order valence-electron chi connectivity index (χ2n) is 2.27. The van der Waals surface area contributed by atoms with E-state index in [0.29, 0.717) is 6.54 Å². The summed E-state index contributed by atoms with van der Waals surface area (Å²) in [6, 6.07) is 0. The van der Waals surface area contributed by atoms with E-state index >= 15 is 0 Å². The molecule has 1 aromatic rings. The number of hydrogen-bond donors (Lipinski definition) is 2. The summed E-state index contributed by atoms with van der Waals surface area (Å²) < 4.78 is 35.8. The number of rotatable bonds is 2. The van der Waals surface area contributed by atoms with Gasteiger partial charge in [0.2, 0.25) is 0 Å². The summed E-state index contributed by atoms with van der Waals surface area (Å²) in [6.07, 6.45) is -3.55. The Morgan fingerprint density at radius 1 is 1.58 bits per heavy atom. The number of aromatic amines is 1. The lowest BCUT2D eigenvalue weighted by Crippen LogP contribution is -2.08. The molecule has 0 bridgehead atoms. The van der Waals surface area contributed by atoms with Crippen LogP contribution in [0.15, 0.2) is 6.20 Å². The van der Waals surface area contributed by atoms with Crippen LogP contribution in [0.3, 0.4) is 0 Å². The van der Waals surface area contributed by atoms with Crippen LogP contribution in [0, 0.1) is 0 Å². The molecule has 0 unspecified atom stereocenters. The van der Waals surface area contributed by atoms with Crippen molar-refractivity contribution < 1.29 is 13.2 Å². The maximum atomic E-state index is 11.9. The van der Waals surface area contributed by atoms with Gasteiger partial charge in [-0.05, 0) is 7.05 Å². The number of imidazole rings is 1. The average Bonchev–Trinajstić information content (AvgIpc) is 2.35. The maximum absolute atomic E-state index is 11.9. The number of halogens is 3. The smallest absolute Gasteiger partial charge is 0.337 e. The van der Waals surface area contributed by atoms with Crippen LogP contribution in [0.25, 0.3) is 0 Å². The normalized spacial score (nSPS) is 12.0. The Morgan fingerprint density at radius 2 is 2.25 bits per heavy atom. The molecule has 0 aliphatic carbocycles. The number of aromatic nitrogens is 2. The Bertz CT molecular complexity index is 253. The van der Waals surface area contributed by atoms with Crippen LogP contribution in [-0.2, 0) is 12.7 Å². The summed E-state index contributed by atoms with van der Waals surface area (Å²) in [5, 5.41) is 2.69. The summed E-state index contributed by atoms with van der Waals surface area (Å²) in [7, 11) is 1.63. The van der Waals surface area contributed by atoms with Gasteiger partial charge in [-0.2, -0.15) is 13.2 Å². The predicted molar refractivity (Wildman–Crippen MR) is 36.4 cm³/mol. The van der Waals surface area contributed by atoms with Gasteiger partial charge in [0.05, 0.1) is 12.7 Å². The van der Waals surface area contributed by atoms with Crippen LogP contribution < -0.4 is 5.32 Å². The van der Waals surface area contributed by atoms with Crippen LogP contribution in [0.4, 0.5) is 13.2 Å². The highest BCUT2D eigenvalue weighted by atomic mass is 19.4. The molecule has 0 saturated carbocycles. The van der Waals surface area contributed by atoms with Crippen LogP contribution in [0.2, 0.25) is 0 Å². The first-order chi connectivity index (χ1) is 5.54. The van der Waals surface area contributed by atoms with Crippen LogP contribution in [-0.4, -0.2) is 17.0 Å². The quantitative estimate of drug-likeness (QED) is 0.714. The lowest BCUT2D eigenvalue weighted by Gasteiger charge is -2.00. The van der Waals surface area contributed by atoms with E-state index in [9.17, 15) is 13.2 Å². The van der Waals surface area contributed by atoms with Gasteiger partial charge in [-0.25, -0.2) is 4.98 Å². The molecule has 2 N–H and O–H groups in total. The number of nitrogens with one attached hydrogen (secondary N) is 2. The fourth-order valence-electron chi connectivity index (χ4n) is 0.764. The van der Waals surface area contributed by atoms with E-state index in [0.717, 1.165) is 6.20 Å². The zero-order valence-corrected chi connectivity index (χ0v) is 6.37. The minimum absolute atomic E-state index is 0.282. The van der Waals surface area contributed by atoms with Crippen molar-refractivity contribution in [3.05, 3.63) is 17.7 Å². The molecule has 1 rings (SSSR count). The molecule has 12 heavy (non-hydrogen) atoms. The van der Waals surface area contributed by atoms with E-state index in [1.165, 1.54) is 0 Å². The van der Waals surface area contributed by atoms with Crippen molar-refractivity contribution in [2.24, 2.45) is 0 Å². The van der Waals surface area contributed by atoms with Crippen molar-refractivity contribution in [2.75, 3.05) is 7.05 Å². The fourth-order valence-corrected chi connectivity index (χ4v) is 0.764. The van der Waals surface area contributed by atoms with Crippen molar-refractivity contribution in [1.29, 1.82) is 0 Å². The predicted octanol–water partition coefficient (Wildman–Crippen LogP) is 1.15. The molecule has 0 fully saturated rings. The Kier molecular flexibility index (Phi) is 2.37. The number of hydrogen-bond acceptors (Lipinski definition) is 2. The molecular formula is C6H8F3N3. The Labute approximate surface area is 67.0 Å². The lowest BCUT2D eigenvalue weighted by atomic mass is 10.5. The summed E-state index contributed by atoms with van der Waals surface area (Å²) in [5.41, 5.74) is -0.812. The molecule has 0 aromatic carbocycles. The van der Waals surface area contributed by atoms with E-state index < -0.39 is 11.9 Å². The lowest BCUT2D eigenvalue weighted by molar-refractivity contribution is -0.140. The molecule has 1 heterocycles. The van der Waals surface area contributed by atoms with Crippen molar-refractivity contribution in [3.63, 3.8) is 0 Å². The molecule has 68 valence electrons. The largest absolute Gasteiger partial charge is 0.432 e. The van der Waals surface area contributed by atoms with E-state index in [4.69, 9.17) is 0 Å². The second kappa shape index (κ2) is 3.14. The van der Waals surface area contributed by atoms with Gasteiger partial charge in [-0.3, -0.25) is 0 Å². The first kappa shape index (κ1) is 9.05. The van der Waals surface area contributed by atoms with Crippen molar-refractivity contribution in [3.8, 4) is 0 Å². The molecule has 3 nitrogen and oxygen atoms in total. The first-order valence-corrected chi connectivity index (χ1v) is 3.29. The fraction of sp³-hybridized carbons (Fsp3) is 0.500. The van der Waals surface area contributed by atoms with Crippen LogP contribution >= 0.6 is 0 Å². The van der Waals surface area contributed by atoms with Gasteiger partial charge >= 0.3 is 6.18 Å². The van der Waals surface area contributed by atoms with Gasteiger partial charge in [0.1, 0.15) is 11.5 Å². The molecule has 0 atom stereocenters. The summed E-state index contributed by atoms with van der Waals surface area (Å²) in [4.78, 5) is 5.69. The van der Waals surface area contributed by atoms with E-state index in [1.807, 2.05) is 0 Å².